The molecule has 0 aliphatic heterocycles. The first-order valence-electron chi connectivity index (χ1n) is 13.9. The zero-order chi connectivity index (χ0) is 28.2. The van der Waals surface area contributed by atoms with Gasteiger partial charge in [-0.25, -0.2) is 0 Å². The van der Waals surface area contributed by atoms with Crippen molar-refractivity contribution in [3.63, 3.8) is 0 Å². The molecule has 2 aliphatic rings. The molecule has 0 spiro atoms. The van der Waals surface area contributed by atoms with Crippen molar-refractivity contribution >= 4 is 29.3 Å². The predicted molar refractivity (Wildman–Crippen MR) is 157 cm³/mol. The summed E-state index contributed by atoms with van der Waals surface area (Å²) in [6.07, 6.45) is 5.45. The zero-order valence-corrected chi connectivity index (χ0v) is 24.3. The van der Waals surface area contributed by atoms with E-state index in [1.807, 2.05) is 6.07 Å². The SMILES string of the molecule is COc1cc(CN(CC2CCC(C(=O)O)CC2)[C@H]2CCc3cc(Cl)ccc32)ccc1SCCn1c(O)ccc1O. The summed E-state index contributed by atoms with van der Waals surface area (Å²) in [4.78, 5) is 15.1. The van der Waals surface area contributed by atoms with Gasteiger partial charge in [-0.3, -0.25) is 14.3 Å². The number of thioether (sulfide) groups is 1. The Morgan fingerprint density at radius 1 is 1.05 bits per heavy atom. The second kappa shape index (κ2) is 12.8. The Morgan fingerprint density at radius 2 is 1.80 bits per heavy atom. The number of carbonyl (C=O) groups is 1. The Balaban J connectivity index is 1.31. The lowest BCUT2D eigenvalue weighted by atomic mass is 9.81. The number of carboxylic acid groups (broad SMARTS) is 1. The summed E-state index contributed by atoms with van der Waals surface area (Å²) in [6, 6.07) is 15.9. The molecule has 1 aromatic heterocycles. The Hall–Kier alpha value is -2.81. The highest BCUT2D eigenvalue weighted by molar-refractivity contribution is 7.99. The van der Waals surface area contributed by atoms with E-state index in [9.17, 15) is 20.1 Å². The summed E-state index contributed by atoms with van der Waals surface area (Å²) in [5.41, 5.74) is 3.84. The van der Waals surface area contributed by atoms with Crippen molar-refractivity contribution in [2.75, 3.05) is 19.4 Å². The van der Waals surface area contributed by atoms with Gasteiger partial charge in [0.15, 0.2) is 11.8 Å². The van der Waals surface area contributed by atoms with Crippen molar-refractivity contribution in [2.24, 2.45) is 11.8 Å². The van der Waals surface area contributed by atoms with Gasteiger partial charge in [0.05, 0.1) is 13.0 Å². The molecule has 5 rings (SSSR count). The summed E-state index contributed by atoms with van der Waals surface area (Å²) >= 11 is 7.92. The molecule has 0 radical (unpaired) electrons. The summed E-state index contributed by atoms with van der Waals surface area (Å²) in [6.45, 7) is 2.18. The summed E-state index contributed by atoms with van der Waals surface area (Å²) in [7, 11) is 1.68. The molecular formula is C31H37ClN2O5S. The average molecular weight is 585 g/mol. The van der Waals surface area contributed by atoms with Gasteiger partial charge in [0.25, 0.3) is 0 Å². The molecule has 0 amide bonds. The monoisotopic (exact) mass is 584 g/mol. The van der Waals surface area contributed by atoms with E-state index in [-0.39, 0.29) is 17.7 Å². The maximum absolute atomic E-state index is 11.5. The van der Waals surface area contributed by atoms with Crippen LogP contribution in [0.4, 0.5) is 0 Å². The lowest BCUT2D eigenvalue weighted by molar-refractivity contribution is -0.143. The van der Waals surface area contributed by atoms with E-state index in [2.05, 4.69) is 35.2 Å². The Bertz CT molecular complexity index is 1320. The quantitative estimate of drug-likeness (QED) is 0.215. The number of ether oxygens (including phenoxy) is 1. The number of methoxy groups -OCH3 is 1. The number of aromatic hydroxyl groups is 2. The van der Waals surface area contributed by atoms with Crippen molar-refractivity contribution in [3.05, 3.63) is 70.2 Å². The largest absolute Gasteiger partial charge is 0.496 e. The molecule has 1 atom stereocenters. The number of fused-ring (bicyclic) bond motifs is 1. The Kier molecular flexibility index (Phi) is 9.18. The van der Waals surface area contributed by atoms with Crippen molar-refractivity contribution in [3.8, 4) is 17.5 Å². The van der Waals surface area contributed by atoms with Crippen molar-refractivity contribution in [1.29, 1.82) is 0 Å². The number of rotatable bonds is 11. The minimum Gasteiger partial charge on any atom is -0.496 e. The molecule has 1 fully saturated rings. The third kappa shape index (κ3) is 6.56. The van der Waals surface area contributed by atoms with Gasteiger partial charge in [-0.2, -0.15) is 0 Å². The molecule has 2 aliphatic carbocycles. The number of aromatic nitrogens is 1. The van der Waals surface area contributed by atoms with E-state index in [1.165, 1.54) is 33.4 Å². The number of nitrogens with zero attached hydrogens (tertiary/aromatic N) is 2. The van der Waals surface area contributed by atoms with E-state index < -0.39 is 5.97 Å². The fraction of sp³-hybridized carbons (Fsp3) is 0.452. The second-order valence-corrected chi connectivity index (χ2v) is 12.5. The van der Waals surface area contributed by atoms with Crippen molar-refractivity contribution in [2.45, 2.75) is 62.6 Å². The lowest BCUT2D eigenvalue weighted by Crippen LogP contribution is -2.34. The number of hydrogen-bond acceptors (Lipinski definition) is 6. The van der Waals surface area contributed by atoms with Crippen LogP contribution < -0.4 is 4.74 Å². The van der Waals surface area contributed by atoms with Crippen LogP contribution in [0.25, 0.3) is 0 Å². The Labute approximate surface area is 244 Å². The molecule has 0 unspecified atom stereocenters. The molecule has 1 heterocycles. The highest BCUT2D eigenvalue weighted by Gasteiger charge is 2.32. The molecule has 7 nitrogen and oxygen atoms in total. The molecule has 214 valence electrons. The number of hydrogen-bond donors (Lipinski definition) is 3. The van der Waals surface area contributed by atoms with E-state index in [0.717, 1.165) is 67.3 Å². The highest BCUT2D eigenvalue weighted by atomic mass is 35.5. The molecule has 3 aromatic rings. The second-order valence-electron chi connectivity index (χ2n) is 10.9. The first kappa shape index (κ1) is 28.7. The van der Waals surface area contributed by atoms with Crippen LogP contribution in [-0.2, 0) is 24.3 Å². The van der Waals surface area contributed by atoms with Gasteiger partial charge in [-0.15, -0.1) is 11.8 Å². The zero-order valence-electron chi connectivity index (χ0n) is 22.8. The lowest BCUT2D eigenvalue weighted by Gasteiger charge is -2.35. The van der Waals surface area contributed by atoms with Gasteiger partial charge in [0.1, 0.15) is 5.75 Å². The molecule has 40 heavy (non-hydrogen) atoms. The summed E-state index contributed by atoms with van der Waals surface area (Å²) < 4.78 is 7.24. The van der Waals surface area contributed by atoms with E-state index in [0.29, 0.717) is 24.3 Å². The molecule has 2 aromatic carbocycles. The van der Waals surface area contributed by atoms with Crippen LogP contribution >= 0.6 is 23.4 Å². The fourth-order valence-corrected chi connectivity index (χ4v) is 7.39. The van der Waals surface area contributed by atoms with Crippen LogP contribution in [0.2, 0.25) is 5.02 Å². The van der Waals surface area contributed by atoms with Crippen LogP contribution in [0.1, 0.15) is 54.8 Å². The number of halogens is 1. The maximum atomic E-state index is 11.5. The first-order chi connectivity index (χ1) is 19.3. The van der Waals surface area contributed by atoms with Crippen LogP contribution in [-0.4, -0.2) is 50.2 Å². The van der Waals surface area contributed by atoms with E-state index in [1.54, 1.807) is 18.9 Å². The first-order valence-corrected chi connectivity index (χ1v) is 15.3. The van der Waals surface area contributed by atoms with Crippen LogP contribution in [0.3, 0.4) is 0 Å². The van der Waals surface area contributed by atoms with Gasteiger partial charge < -0.3 is 20.1 Å². The molecule has 1 saturated carbocycles. The molecule has 3 N–H and O–H groups in total. The molecule has 0 bridgehead atoms. The van der Waals surface area contributed by atoms with Crippen LogP contribution in [0, 0.1) is 11.8 Å². The van der Waals surface area contributed by atoms with Gasteiger partial charge in [0, 0.05) is 53.5 Å². The fourth-order valence-electron chi connectivity index (χ4n) is 6.25. The normalized spacial score (nSPS) is 20.5. The highest BCUT2D eigenvalue weighted by Crippen LogP contribution is 2.40. The summed E-state index contributed by atoms with van der Waals surface area (Å²) in [5, 5.41) is 30.0. The average Bonchev–Trinajstić information content (AvgIpc) is 3.51. The van der Waals surface area contributed by atoms with Gasteiger partial charge in [-0.1, -0.05) is 23.7 Å². The Morgan fingerprint density at radius 3 is 2.50 bits per heavy atom. The number of aliphatic carboxylic acids is 1. The number of aryl methyl sites for hydroxylation is 1. The van der Waals surface area contributed by atoms with E-state index in [4.69, 9.17) is 16.3 Å². The van der Waals surface area contributed by atoms with Crippen LogP contribution in [0.5, 0.6) is 17.5 Å². The molecular weight excluding hydrogens is 548 g/mol. The van der Waals surface area contributed by atoms with Gasteiger partial charge in [-0.05, 0) is 85.4 Å². The topological polar surface area (TPSA) is 95.2 Å². The van der Waals surface area contributed by atoms with E-state index >= 15 is 0 Å². The predicted octanol–water partition coefficient (Wildman–Crippen LogP) is 6.73. The maximum Gasteiger partial charge on any atom is 0.306 e. The van der Waals surface area contributed by atoms with Gasteiger partial charge in [0.2, 0.25) is 0 Å². The number of carboxylic acids is 1. The van der Waals surface area contributed by atoms with Gasteiger partial charge >= 0.3 is 5.97 Å². The summed E-state index contributed by atoms with van der Waals surface area (Å²) in [5.74, 6) is 1.18. The van der Waals surface area contributed by atoms with Crippen molar-refractivity contribution < 1.29 is 24.9 Å². The standard InChI is InChI=1S/C31H37ClN2O5S/c1-39-27-16-21(4-11-28(27)40-15-14-34-29(35)12-13-30(34)36)19-33(18-20-2-5-22(6-3-20)31(37)38)26-10-7-23-17-24(32)8-9-25(23)26/h4,8-9,11-13,16-17,20,22,26,35-36H,2-3,5-7,10,14-15,18-19H2,1H3,(H,37,38)/t20?,22?,26-/m0/s1. The van der Waals surface area contributed by atoms with Crippen molar-refractivity contribution in [1.82, 2.24) is 9.47 Å². The minimum atomic E-state index is -0.663. The molecule has 9 heteroatoms. The minimum absolute atomic E-state index is 0.0488. The third-order valence-electron chi connectivity index (χ3n) is 8.40. The smallest absolute Gasteiger partial charge is 0.306 e. The number of benzene rings is 2. The molecule has 0 saturated heterocycles. The van der Waals surface area contributed by atoms with Crippen LogP contribution in [0.15, 0.2) is 53.4 Å². The third-order valence-corrected chi connectivity index (χ3v) is 9.67.